The van der Waals surface area contributed by atoms with Gasteiger partial charge in [-0.3, -0.25) is 0 Å². The fraction of sp³-hybridized carbons (Fsp3) is 0.500. The number of hydrogen-bond acceptors (Lipinski definition) is 6. The maximum absolute atomic E-state index is 6.10. The molecule has 146 valence electrons. The highest BCUT2D eigenvalue weighted by molar-refractivity contribution is 6.32. The zero-order valence-electron chi connectivity index (χ0n) is 16.0. The minimum Gasteiger partial charge on any atom is -0.491 e. The normalized spacial score (nSPS) is 19.5. The molecule has 0 atom stereocenters. The molecule has 1 fully saturated rings. The Kier molecular flexibility index (Phi) is 7.12. The number of aromatic nitrogens is 2. The average molecular weight is 390 g/mol. The van der Waals surface area contributed by atoms with Crippen LogP contribution >= 0.6 is 11.6 Å². The number of rotatable bonds is 8. The van der Waals surface area contributed by atoms with Crippen molar-refractivity contribution in [3.05, 3.63) is 41.6 Å². The summed E-state index contributed by atoms with van der Waals surface area (Å²) in [5.41, 5.74) is 0. The standard InChI is InChI=1S/C20H28ClN5O/c1-26(2)19-11-12-23-20(25-19)24-16-9-7-15(8-10-16)22-13-14-27-18-6-4-3-5-17(18)21/h3-6,11-12,15-16,22H,7-10,13-14H2,1-2H3,(H,23,24,25). The topological polar surface area (TPSA) is 62.3 Å². The summed E-state index contributed by atoms with van der Waals surface area (Å²) in [6, 6.07) is 10.5. The van der Waals surface area contributed by atoms with Crippen LogP contribution in [0.1, 0.15) is 25.7 Å². The molecule has 1 aromatic carbocycles. The van der Waals surface area contributed by atoms with Crippen LogP contribution < -0.4 is 20.3 Å². The summed E-state index contributed by atoms with van der Waals surface area (Å²) in [7, 11) is 3.97. The predicted octanol–water partition coefficient (Wildman–Crippen LogP) is 3.59. The summed E-state index contributed by atoms with van der Waals surface area (Å²) in [6.45, 7) is 1.44. The molecule has 0 amide bonds. The molecule has 1 saturated carbocycles. The van der Waals surface area contributed by atoms with Crippen LogP contribution in [0.3, 0.4) is 0 Å². The van der Waals surface area contributed by atoms with E-state index in [1.165, 1.54) is 0 Å². The molecule has 0 unspecified atom stereocenters. The molecule has 0 radical (unpaired) electrons. The summed E-state index contributed by atoms with van der Waals surface area (Å²) in [4.78, 5) is 10.9. The SMILES string of the molecule is CN(C)c1ccnc(NC2CCC(NCCOc3ccccc3Cl)CC2)n1. The van der Waals surface area contributed by atoms with Crippen LogP contribution in [0, 0.1) is 0 Å². The van der Waals surface area contributed by atoms with Gasteiger partial charge in [0.15, 0.2) is 0 Å². The minimum absolute atomic E-state index is 0.430. The summed E-state index contributed by atoms with van der Waals surface area (Å²) < 4.78 is 5.73. The van der Waals surface area contributed by atoms with E-state index in [4.69, 9.17) is 16.3 Å². The van der Waals surface area contributed by atoms with E-state index in [1.54, 1.807) is 6.20 Å². The number of hydrogen-bond donors (Lipinski definition) is 2. The Balaban J connectivity index is 1.35. The smallest absolute Gasteiger partial charge is 0.224 e. The van der Waals surface area contributed by atoms with Crippen LogP contribution in [0.5, 0.6) is 5.75 Å². The van der Waals surface area contributed by atoms with Gasteiger partial charge in [0.2, 0.25) is 5.95 Å². The Hall–Kier alpha value is -2.05. The highest BCUT2D eigenvalue weighted by Crippen LogP contribution is 2.23. The molecule has 7 heteroatoms. The number of para-hydroxylation sites is 1. The maximum Gasteiger partial charge on any atom is 0.224 e. The first-order chi connectivity index (χ1) is 13.1. The minimum atomic E-state index is 0.430. The van der Waals surface area contributed by atoms with E-state index in [9.17, 15) is 0 Å². The van der Waals surface area contributed by atoms with Gasteiger partial charge in [-0.15, -0.1) is 0 Å². The van der Waals surface area contributed by atoms with Crippen molar-refractivity contribution in [1.29, 1.82) is 0 Å². The number of nitrogens with one attached hydrogen (secondary N) is 2. The van der Waals surface area contributed by atoms with Gasteiger partial charge in [-0.05, 0) is 43.9 Å². The summed E-state index contributed by atoms with van der Waals surface area (Å²) >= 11 is 6.10. The number of nitrogens with zero attached hydrogens (tertiary/aromatic N) is 3. The zero-order chi connectivity index (χ0) is 19.1. The van der Waals surface area contributed by atoms with Gasteiger partial charge < -0.3 is 20.3 Å². The van der Waals surface area contributed by atoms with Crippen molar-refractivity contribution in [3.8, 4) is 5.75 Å². The molecular weight excluding hydrogens is 362 g/mol. The lowest BCUT2D eigenvalue weighted by Gasteiger charge is -2.30. The van der Waals surface area contributed by atoms with Gasteiger partial charge in [0.1, 0.15) is 18.2 Å². The highest BCUT2D eigenvalue weighted by Gasteiger charge is 2.21. The van der Waals surface area contributed by atoms with Crippen LogP contribution in [0.2, 0.25) is 5.02 Å². The number of halogens is 1. The lowest BCUT2D eigenvalue weighted by Crippen LogP contribution is -2.38. The largest absolute Gasteiger partial charge is 0.491 e. The molecule has 0 spiro atoms. The first-order valence-corrected chi connectivity index (χ1v) is 9.87. The van der Waals surface area contributed by atoms with Crippen molar-refractivity contribution < 1.29 is 4.74 Å². The highest BCUT2D eigenvalue weighted by atomic mass is 35.5. The molecule has 3 rings (SSSR count). The number of benzene rings is 1. The second-order valence-corrected chi connectivity index (χ2v) is 7.47. The van der Waals surface area contributed by atoms with Gasteiger partial charge in [-0.2, -0.15) is 4.98 Å². The predicted molar refractivity (Wildman–Crippen MR) is 111 cm³/mol. The zero-order valence-corrected chi connectivity index (χ0v) is 16.7. The summed E-state index contributed by atoms with van der Waals surface area (Å²) in [6.07, 6.45) is 6.29. The molecule has 0 saturated heterocycles. The molecule has 1 heterocycles. The second-order valence-electron chi connectivity index (χ2n) is 7.06. The first kappa shape index (κ1) is 19.7. The Labute approximate surface area is 166 Å². The van der Waals surface area contributed by atoms with E-state index in [1.807, 2.05) is 49.3 Å². The Morgan fingerprint density at radius 2 is 1.85 bits per heavy atom. The molecule has 2 N–H and O–H groups in total. The summed E-state index contributed by atoms with van der Waals surface area (Å²) in [5.74, 6) is 2.38. The maximum atomic E-state index is 6.10. The Bertz CT molecular complexity index is 719. The van der Waals surface area contributed by atoms with Crippen LogP contribution in [0.4, 0.5) is 11.8 Å². The van der Waals surface area contributed by atoms with Crippen LogP contribution in [0.15, 0.2) is 36.5 Å². The Morgan fingerprint density at radius 3 is 2.59 bits per heavy atom. The van der Waals surface area contributed by atoms with E-state index >= 15 is 0 Å². The van der Waals surface area contributed by atoms with Crippen molar-refractivity contribution in [2.75, 3.05) is 37.5 Å². The molecule has 1 aliphatic rings. The second kappa shape index (κ2) is 9.76. The van der Waals surface area contributed by atoms with Crippen molar-refractivity contribution in [1.82, 2.24) is 15.3 Å². The van der Waals surface area contributed by atoms with Gasteiger partial charge in [0.05, 0.1) is 5.02 Å². The third kappa shape index (κ3) is 5.97. The fourth-order valence-corrected chi connectivity index (χ4v) is 3.47. The van der Waals surface area contributed by atoms with Gasteiger partial charge in [0, 0.05) is 38.9 Å². The molecule has 27 heavy (non-hydrogen) atoms. The van der Waals surface area contributed by atoms with E-state index in [-0.39, 0.29) is 0 Å². The van der Waals surface area contributed by atoms with Crippen molar-refractivity contribution in [3.63, 3.8) is 0 Å². The first-order valence-electron chi connectivity index (χ1n) is 9.49. The lowest BCUT2D eigenvalue weighted by atomic mass is 9.91. The van der Waals surface area contributed by atoms with E-state index in [0.717, 1.165) is 43.8 Å². The molecule has 0 bridgehead atoms. The molecule has 0 aliphatic heterocycles. The summed E-state index contributed by atoms with van der Waals surface area (Å²) in [5, 5.41) is 7.72. The average Bonchev–Trinajstić information content (AvgIpc) is 2.68. The van der Waals surface area contributed by atoms with E-state index in [2.05, 4.69) is 20.6 Å². The molecule has 1 aromatic heterocycles. The van der Waals surface area contributed by atoms with Crippen LogP contribution in [0.25, 0.3) is 0 Å². The van der Waals surface area contributed by atoms with Crippen molar-refractivity contribution in [2.45, 2.75) is 37.8 Å². The van der Waals surface area contributed by atoms with E-state index < -0.39 is 0 Å². The monoisotopic (exact) mass is 389 g/mol. The third-order valence-corrected chi connectivity index (χ3v) is 5.10. The number of ether oxygens (including phenoxy) is 1. The van der Waals surface area contributed by atoms with Gasteiger partial charge in [-0.1, -0.05) is 23.7 Å². The van der Waals surface area contributed by atoms with Gasteiger partial charge in [0.25, 0.3) is 0 Å². The molecule has 2 aromatic rings. The quantitative estimate of drug-likeness (QED) is 0.673. The Morgan fingerprint density at radius 1 is 1.11 bits per heavy atom. The third-order valence-electron chi connectivity index (χ3n) is 4.79. The number of anilines is 2. The molecule has 6 nitrogen and oxygen atoms in total. The van der Waals surface area contributed by atoms with Gasteiger partial charge in [-0.25, -0.2) is 4.98 Å². The van der Waals surface area contributed by atoms with Crippen molar-refractivity contribution >= 4 is 23.4 Å². The molecular formula is C20H28ClN5O. The van der Waals surface area contributed by atoms with E-state index in [0.29, 0.717) is 29.7 Å². The lowest BCUT2D eigenvalue weighted by molar-refractivity contribution is 0.285. The fourth-order valence-electron chi connectivity index (χ4n) is 3.28. The van der Waals surface area contributed by atoms with Gasteiger partial charge >= 0.3 is 0 Å². The molecule has 1 aliphatic carbocycles. The van der Waals surface area contributed by atoms with Crippen molar-refractivity contribution in [2.24, 2.45) is 0 Å². The van der Waals surface area contributed by atoms with Crippen LogP contribution in [-0.4, -0.2) is 49.3 Å². The van der Waals surface area contributed by atoms with Crippen LogP contribution in [-0.2, 0) is 0 Å².